The third-order valence-electron chi connectivity index (χ3n) is 3.62. The number of hydrogen-bond acceptors (Lipinski definition) is 4. The van der Waals surface area contributed by atoms with Crippen LogP contribution in [0.15, 0.2) is 41.3 Å². The quantitative estimate of drug-likeness (QED) is 0.500. The maximum absolute atomic E-state index is 12.5. The lowest BCUT2D eigenvalue weighted by molar-refractivity contribution is -0.387. The summed E-state index contributed by atoms with van der Waals surface area (Å²) in [6.45, 7) is 3.94. The average Bonchev–Trinajstić information content (AvgIpc) is 2.55. The number of nitro groups is 1. The second kappa shape index (κ2) is 7.28. The molecule has 5 nitrogen and oxygen atoms in total. The van der Waals surface area contributed by atoms with Crippen LogP contribution in [0.2, 0.25) is 0 Å². The minimum Gasteiger partial charge on any atom is -0.321 e. The van der Waals surface area contributed by atoms with E-state index in [0.717, 1.165) is 23.2 Å². The normalized spacial score (nSPS) is 10.4. The Kier molecular flexibility index (Phi) is 5.39. The molecule has 0 unspecified atom stereocenters. The first-order valence-corrected chi connectivity index (χ1v) is 8.42. The number of aryl methyl sites for hydroxylation is 2. The molecule has 0 saturated carbocycles. The van der Waals surface area contributed by atoms with Crippen molar-refractivity contribution < 1.29 is 9.72 Å². The molecule has 0 spiro atoms. The maximum Gasteiger partial charge on any atom is 0.283 e. The average molecular weight is 330 g/mol. The highest BCUT2D eigenvalue weighted by Gasteiger charge is 2.18. The predicted octanol–water partition coefficient (Wildman–Crippen LogP) is 4.44. The molecule has 1 N–H and O–H groups in total. The molecule has 0 heterocycles. The molecule has 120 valence electrons. The molecule has 0 saturated heterocycles. The molecule has 2 rings (SSSR count). The number of hydrogen-bond donors (Lipinski definition) is 1. The first-order valence-electron chi connectivity index (χ1n) is 7.20. The lowest BCUT2D eigenvalue weighted by atomic mass is 10.1. The van der Waals surface area contributed by atoms with E-state index in [0.29, 0.717) is 4.90 Å². The number of nitrogens with one attached hydrogen (secondary N) is 1. The second-order valence-electron chi connectivity index (χ2n) is 5.06. The lowest BCUT2D eigenvalue weighted by Gasteiger charge is -2.13. The smallest absolute Gasteiger partial charge is 0.283 e. The number of para-hydroxylation sites is 1. The van der Waals surface area contributed by atoms with Gasteiger partial charge < -0.3 is 5.32 Å². The van der Waals surface area contributed by atoms with Crippen LogP contribution in [-0.2, 0) is 6.42 Å². The molecule has 0 aliphatic heterocycles. The van der Waals surface area contributed by atoms with Crippen molar-refractivity contribution in [2.45, 2.75) is 25.2 Å². The highest BCUT2D eigenvalue weighted by Crippen LogP contribution is 2.29. The highest BCUT2D eigenvalue weighted by atomic mass is 32.2. The van der Waals surface area contributed by atoms with Crippen molar-refractivity contribution in [3.05, 3.63) is 63.2 Å². The number of amides is 1. The van der Waals surface area contributed by atoms with E-state index in [2.05, 4.69) is 5.32 Å². The van der Waals surface area contributed by atoms with E-state index >= 15 is 0 Å². The lowest BCUT2D eigenvalue weighted by Crippen LogP contribution is -2.14. The summed E-state index contributed by atoms with van der Waals surface area (Å²) in [5.41, 5.74) is 3.00. The molecule has 0 fully saturated rings. The van der Waals surface area contributed by atoms with Gasteiger partial charge in [-0.3, -0.25) is 14.9 Å². The van der Waals surface area contributed by atoms with Crippen molar-refractivity contribution >= 4 is 29.0 Å². The number of thioether (sulfide) groups is 1. The van der Waals surface area contributed by atoms with Crippen molar-refractivity contribution in [1.29, 1.82) is 0 Å². The Bertz CT molecular complexity index is 759. The van der Waals surface area contributed by atoms with Crippen LogP contribution in [-0.4, -0.2) is 17.1 Å². The topological polar surface area (TPSA) is 72.2 Å². The number of anilines is 1. The van der Waals surface area contributed by atoms with Crippen molar-refractivity contribution in [3.8, 4) is 0 Å². The van der Waals surface area contributed by atoms with E-state index in [1.165, 1.54) is 17.8 Å². The zero-order valence-electron chi connectivity index (χ0n) is 13.3. The Labute approximate surface area is 139 Å². The van der Waals surface area contributed by atoms with Crippen LogP contribution in [0.4, 0.5) is 11.4 Å². The first-order chi connectivity index (χ1) is 11.0. The zero-order valence-corrected chi connectivity index (χ0v) is 14.1. The monoisotopic (exact) mass is 330 g/mol. The van der Waals surface area contributed by atoms with Gasteiger partial charge in [-0.15, -0.1) is 11.8 Å². The zero-order chi connectivity index (χ0) is 17.0. The van der Waals surface area contributed by atoms with Crippen LogP contribution in [0, 0.1) is 17.0 Å². The minimum atomic E-state index is -0.464. The van der Waals surface area contributed by atoms with Crippen molar-refractivity contribution in [3.63, 3.8) is 0 Å². The summed E-state index contributed by atoms with van der Waals surface area (Å²) in [6, 6.07) is 10.4. The van der Waals surface area contributed by atoms with Crippen LogP contribution >= 0.6 is 11.8 Å². The molecular weight excluding hydrogens is 312 g/mol. The molecule has 0 atom stereocenters. The van der Waals surface area contributed by atoms with Gasteiger partial charge in [-0.2, -0.15) is 0 Å². The van der Waals surface area contributed by atoms with Crippen LogP contribution in [0.5, 0.6) is 0 Å². The van der Waals surface area contributed by atoms with E-state index in [1.54, 1.807) is 18.4 Å². The predicted molar refractivity (Wildman–Crippen MR) is 93.4 cm³/mol. The SMILES string of the molecule is CCc1cccc(C)c1NC(=O)c1ccc(SC)c([N+](=O)[O-])c1. The fourth-order valence-corrected chi connectivity index (χ4v) is 2.91. The minimum absolute atomic E-state index is 0.0503. The third-order valence-corrected chi connectivity index (χ3v) is 4.40. The summed E-state index contributed by atoms with van der Waals surface area (Å²) in [4.78, 5) is 23.7. The van der Waals surface area contributed by atoms with E-state index in [1.807, 2.05) is 32.0 Å². The fourth-order valence-electron chi connectivity index (χ4n) is 2.36. The van der Waals surface area contributed by atoms with E-state index in [4.69, 9.17) is 0 Å². The Morgan fingerprint density at radius 1 is 1.30 bits per heavy atom. The van der Waals surface area contributed by atoms with Gasteiger partial charge in [0.05, 0.1) is 9.82 Å². The summed E-state index contributed by atoms with van der Waals surface area (Å²) >= 11 is 1.28. The van der Waals surface area contributed by atoms with Crippen molar-refractivity contribution in [1.82, 2.24) is 0 Å². The number of rotatable bonds is 5. The van der Waals surface area contributed by atoms with E-state index in [-0.39, 0.29) is 17.2 Å². The number of carbonyl (C=O) groups excluding carboxylic acids is 1. The number of benzene rings is 2. The van der Waals surface area contributed by atoms with Gasteiger partial charge in [0.1, 0.15) is 0 Å². The summed E-state index contributed by atoms with van der Waals surface area (Å²) in [5.74, 6) is -0.343. The molecule has 1 amide bonds. The molecular formula is C17H18N2O3S. The Hall–Kier alpha value is -2.34. The van der Waals surface area contributed by atoms with E-state index < -0.39 is 4.92 Å². The summed E-state index contributed by atoms with van der Waals surface area (Å²) < 4.78 is 0. The summed E-state index contributed by atoms with van der Waals surface area (Å²) in [5, 5.41) is 14.0. The Morgan fingerprint density at radius 2 is 2.04 bits per heavy atom. The molecule has 0 aliphatic carbocycles. The molecule has 23 heavy (non-hydrogen) atoms. The molecule has 2 aromatic carbocycles. The fraction of sp³-hybridized carbons (Fsp3) is 0.235. The summed E-state index contributed by atoms with van der Waals surface area (Å²) in [7, 11) is 0. The van der Waals surface area contributed by atoms with Gasteiger partial charge in [-0.05, 0) is 42.9 Å². The number of nitrogens with zero attached hydrogens (tertiary/aromatic N) is 1. The van der Waals surface area contributed by atoms with Gasteiger partial charge in [0.2, 0.25) is 0 Å². The highest BCUT2D eigenvalue weighted by molar-refractivity contribution is 7.98. The van der Waals surface area contributed by atoms with Gasteiger partial charge >= 0.3 is 0 Å². The van der Waals surface area contributed by atoms with Crippen LogP contribution in [0.1, 0.15) is 28.4 Å². The van der Waals surface area contributed by atoms with Crippen molar-refractivity contribution in [2.24, 2.45) is 0 Å². The Morgan fingerprint density at radius 3 is 2.65 bits per heavy atom. The number of nitro benzene ring substituents is 1. The van der Waals surface area contributed by atoms with Crippen LogP contribution in [0.25, 0.3) is 0 Å². The molecule has 0 radical (unpaired) electrons. The van der Waals surface area contributed by atoms with Gasteiger partial charge in [0, 0.05) is 17.3 Å². The molecule has 0 aliphatic rings. The van der Waals surface area contributed by atoms with Gasteiger partial charge in [0.25, 0.3) is 11.6 Å². The maximum atomic E-state index is 12.5. The molecule has 2 aromatic rings. The Balaban J connectivity index is 2.35. The summed E-state index contributed by atoms with van der Waals surface area (Å²) in [6.07, 6.45) is 2.56. The molecule has 0 aromatic heterocycles. The molecule has 0 bridgehead atoms. The number of carbonyl (C=O) groups is 1. The van der Waals surface area contributed by atoms with Crippen LogP contribution < -0.4 is 5.32 Å². The third kappa shape index (κ3) is 3.71. The van der Waals surface area contributed by atoms with E-state index in [9.17, 15) is 14.9 Å². The standard InChI is InChI=1S/C17H18N2O3S/c1-4-12-7-5-6-11(2)16(12)18-17(20)13-8-9-15(23-3)14(10-13)19(21)22/h5-10H,4H2,1-3H3,(H,18,20). The van der Waals surface area contributed by atoms with Gasteiger partial charge in [0.15, 0.2) is 0 Å². The largest absolute Gasteiger partial charge is 0.321 e. The first kappa shape index (κ1) is 17.0. The van der Waals surface area contributed by atoms with Gasteiger partial charge in [-0.25, -0.2) is 0 Å². The molecule has 6 heteroatoms. The van der Waals surface area contributed by atoms with Gasteiger partial charge in [-0.1, -0.05) is 25.1 Å². The van der Waals surface area contributed by atoms with Crippen LogP contribution in [0.3, 0.4) is 0 Å². The second-order valence-corrected chi connectivity index (χ2v) is 5.91. The van der Waals surface area contributed by atoms with Crippen molar-refractivity contribution in [2.75, 3.05) is 11.6 Å².